The largest absolute Gasteiger partial charge is 0.496 e. The van der Waals surface area contributed by atoms with Crippen LogP contribution in [0, 0.1) is 5.92 Å². The van der Waals surface area contributed by atoms with Gasteiger partial charge in [-0.1, -0.05) is 6.07 Å². The van der Waals surface area contributed by atoms with E-state index in [4.69, 9.17) is 14.6 Å². The second-order valence-corrected chi connectivity index (χ2v) is 5.87. The molecule has 1 fully saturated rings. The SMILES string of the molecule is COc1cc(C(=O)O)ccc1CCNC(=O)C1CC(C)OC1C. The quantitative estimate of drug-likeness (QED) is 0.835. The Morgan fingerprint density at radius 2 is 2.13 bits per heavy atom. The minimum atomic E-state index is -0.993. The lowest BCUT2D eigenvalue weighted by Crippen LogP contribution is -2.35. The number of carboxylic acids is 1. The van der Waals surface area contributed by atoms with Crippen molar-refractivity contribution in [3.63, 3.8) is 0 Å². The monoisotopic (exact) mass is 321 g/mol. The molecule has 6 heteroatoms. The number of aromatic carboxylic acids is 1. The van der Waals surface area contributed by atoms with Crippen LogP contribution in [-0.4, -0.2) is 42.8 Å². The minimum Gasteiger partial charge on any atom is -0.496 e. The molecule has 1 heterocycles. The molecule has 23 heavy (non-hydrogen) atoms. The molecule has 126 valence electrons. The van der Waals surface area contributed by atoms with Crippen LogP contribution < -0.4 is 10.1 Å². The van der Waals surface area contributed by atoms with Crippen LogP contribution in [0.5, 0.6) is 5.75 Å². The predicted octanol–water partition coefficient (Wildman–Crippen LogP) is 1.87. The molecule has 0 radical (unpaired) electrons. The van der Waals surface area contributed by atoms with Crippen LogP contribution in [0.1, 0.15) is 36.2 Å². The van der Waals surface area contributed by atoms with E-state index in [-0.39, 0.29) is 29.6 Å². The number of benzene rings is 1. The molecule has 0 saturated carbocycles. The minimum absolute atomic E-state index is 0.00275. The first kappa shape index (κ1) is 17.3. The summed E-state index contributed by atoms with van der Waals surface area (Å²) in [6.45, 7) is 4.36. The Hall–Kier alpha value is -2.08. The lowest BCUT2D eigenvalue weighted by atomic mass is 9.99. The summed E-state index contributed by atoms with van der Waals surface area (Å²) in [4.78, 5) is 23.2. The summed E-state index contributed by atoms with van der Waals surface area (Å²) in [5, 5.41) is 11.9. The number of nitrogens with one attached hydrogen (secondary N) is 1. The average Bonchev–Trinajstić information content (AvgIpc) is 2.85. The van der Waals surface area contributed by atoms with Crippen molar-refractivity contribution in [2.75, 3.05) is 13.7 Å². The number of hydrogen-bond donors (Lipinski definition) is 2. The zero-order chi connectivity index (χ0) is 17.0. The summed E-state index contributed by atoms with van der Waals surface area (Å²) in [5.74, 6) is -0.581. The van der Waals surface area contributed by atoms with Crippen molar-refractivity contribution in [1.29, 1.82) is 0 Å². The van der Waals surface area contributed by atoms with E-state index in [2.05, 4.69) is 5.32 Å². The highest BCUT2D eigenvalue weighted by Gasteiger charge is 2.34. The van der Waals surface area contributed by atoms with E-state index in [1.165, 1.54) is 19.2 Å². The third-order valence-corrected chi connectivity index (χ3v) is 4.16. The molecular formula is C17H23NO5. The molecule has 2 N–H and O–H groups in total. The van der Waals surface area contributed by atoms with Crippen molar-refractivity contribution < 1.29 is 24.2 Å². The van der Waals surface area contributed by atoms with Gasteiger partial charge in [0.25, 0.3) is 0 Å². The Morgan fingerprint density at radius 3 is 2.70 bits per heavy atom. The van der Waals surface area contributed by atoms with Gasteiger partial charge in [0.1, 0.15) is 5.75 Å². The number of carboxylic acid groups (broad SMARTS) is 1. The zero-order valence-electron chi connectivity index (χ0n) is 13.7. The number of rotatable bonds is 6. The first-order chi connectivity index (χ1) is 10.9. The van der Waals surface area contributed by atoms with Crippen molar-refractivity contribution in [1.82, 2.24) is 5.32 Å². The summed E-state index contributed by atoms with van der Waals surface area (Å²) in [6, 6.07) is 4.75. The smallest absolute Gasteiger partial charge is 0.335 e. The topological polar surface area (TPSA) is 84.9 Å². The predicted molar refractivity (Wildman–Crippen MR) is 84.8 cm³/mol. The highest BCUT2D eigenvalue weighted by atomic mass is 16.5. The Kier molecular flexibility index (Phi) is 5.60. The average molecular weight is 321 g/mol. The molecule has 1 saturated heterocycles. The summed E-state index contributed by atoms with van der Waals surface area (Å²) in [6.07, 6.45) is 1.37. The lowest BCUT2D eigenvalue weighted by molar-refractivity contribution is -0.126. The standard InChI is InChI=1S/C17H23NO5/c1-10-8-14(11(2)23-10)16(19)18-7-6-12-4-5-13(17(20)21)9-15(12)22-3/h4-5,9-11,14H,6-8H2,1-3H3,(H,18,19)(H,20,21). The molecule has 1 aromatic carbocycles. The molecule has 0 spiro atoms. The summed E-state index contributed by atoms with van der Waals surface area (Å²) >= 11 is 0. The summed E-state index contributed by atoms with van der Waals surface area (Å²) < 4.78 is 10.8. The van der Waals surface area contributed by atoms with E-state index >= 15 is 0 Å². The number of carbonyl (C=O) groups excluding carboxylic acids is 1. The van der Waals surface area contributed by atoms with Gasteiger partial charge in [0.05, 0.1) is 30.8 Å². The Labute approximate surface area is 135 Å². The lowest BCUT2D eigenvalue weighted by Gasteiger charge is -2.14. The van der Waals surface area contributed by atoms with Gasteiger partial charge in [0.2, 0.25) is 5.91 Å². The normalized spacial score (nSPS) is 23.5. The van der Waals surface area contributed by atoms with Crippen LogP contribution in [0.15, 0.2) is 18.2 Å². The fourth-order valence-corrected chi connectivity index (χ4v) is 2.92. The second kappa shape index (κ2) is 7.46. The van der Waals surface area contributed by atoms with Crippen LogP contribution >= 0.6 is 0 Å². The molecule has 0 bridgehead atoms. The van der Waals surface area contributed by atoms with Crippen LogP contribution in [-0.2, 0) is 16.0 Å². The Bertz CT molecular complexity index is 586. The van der Waals surface area contributed by atoms with Gasteiger partial charge >= 0.3 is 5.97 Å². The van der Waals surface area contributed by atoms with E-state index in [1.807, 2.05) is 13.8 Å². The van der Waals surface area contributed by atoms with Crippen LogP contribution in [0.4, 0.5) is 0 Å². The van der Waals surface area contributed by atoms with Crippen molar-refractivity contribution in [3.8, 4) is 5.75 Å². The fraction of sp³-hybridized carbons (Fsp3) is 0.529. The van der Waals surface area contributed by atoms with E-state index < -0.39 is 5.97 Å². The maximum Gasteiger partial charge on any atom is 0.335 e. The van der Waals surface area contributed by atoms with Crippen LogP contribution in [0.25, 0.3) is 0 Å². The molecule has 3 unspecified atom stereocenters. The molecule has 0 aromatic heterocycles. The number of carbonyl (C=O) groups is 2. The number of methoxy groups -OCH3 is 1. The van der Waals surface area contributed by atoms with E-state index in [0.29, 0.717) is 18.7 Å². The van der Waals surface area contributed by atoms with Crippen molar-refractivity contribution >= 4 is 11.9 Å². The molecule has 2 rings (SSSR count). The first-order valence-corrected chi connectivity index (χ1v) is 7.75. The van der Waals surface area contributed by atoms with Gasteiger partial charge < -0.3 is 19.9 Å². The third kappa shape index (κ3) is 4.22. The number of amides is 1. The van der Waals surface area contributed by atoms with Gasteiger partial charge in [-0.05, 0) is 44.4 Å². The summed E-state index contributed by atoms with van der Waals surface area (Å²) in [7, 11) is 1.50. The molecule has 1 amide bonds. The van der Waals surface area contributed by atoms with Gasteiger partial charge in [-0.3, -0.25) is 4.79 Å². The van der Waals surface area contributed by atoms with Gasteiger partial charge in [0.15, 0.2) is 0 Å². The van der Waals surface area contributed by atoms with Crippen LogP contribution in [0.2, 0.25) is 0 Å². The highest BCUT2D eigenvalue weighted by Crippen LogP contribution is 2.26. The molecule has 6 nitrogen and oxygen atoms in total. The first-order valence-electron chi connectivity index (χ1n) is 7.75. The van der Waals surface area contributed by atoms with Crippen molar-refractivity contribution in [2.45, 2.75) is 38.9 Å². The van der Waals surface area contributed by atoms with Gasteiger partial charge in [0, 0.05) is 6.54 Å². The van der Waals surface area contributed by atoms with Gasteiger partial charge in [-0.25, -0.2) is 4.79 Å². The number of hydrogen-bond acceptors (Lipinski definition) is 4. The maximum atomic E-state index is 12.2. The van der Waals surface area contributed by atoms with Gasteiger partial charge in [-0.15, -0.1) is 0 Å². The highest BCUT2D eigenvalue weighted by molar-refractivity contribution is 5.88. The third-order valence-electron chi connectivity index (χ3n) is 4.16. The second-order valence-electron chi connectivity index (χ2n) is 5.87. The molecular weight excluding hydrogens is 298 g/mol. The molecule has 1 aromatic rings. The van der Waals surface area contributed by atoms with E-state index in [9.17, 15) is 9.59 Å². The molecule has 1 aliphatic heterocycles. The van der Waals surface area contributed by atoms with Crippen LogP contribution in [0.3, 0.4) is 0 Å². The fourth-order valence-electron chi connectivity index (χ4n) is 2.92. The van der Waals surface area contributed by atoms with E-state index in [1.54, 1.807) is 6.07 Å². The van der Waals surface area contributed by atoms with Gasteiger partial charge in [-0.2, -0.15) is 0 Å². The molecule has 0 aliphatic carbocycles. The Balaban J connectivity index is 1.91. The zero-order valence-corrected chi connectivity index (χ0v) is 13.7. The maximum absolute atomic E-state index is 12.2. The summed E-state index contributed by atoms with van der Waals surface area (Å²) in [5.41, 5.74) is 1.04. The Morgan fingerprint density at radius 1 is 1.39 bits per heavy atom. The van der Waals surface area contributed by atoms with Crippen molar-refractivity contribution in [2.24, 2.45) is 5.92 Å². The number of ether oxygens (including phenoxy) is 2. The molecule has 1 aliphatic rings. The van der Waals surface area contributed by atoms with E-state index in [0.717, 1.165) is 12.0 Å². The van der Waals surface area contributed by atoms with Crippen molar-refractivity contribution in [3.05, 3.63) is 29.3 Å². The molecule has 3 atom stereocenters.